The standard InChI is InChI=1S/C19H27NO3/c1-18-9-7-13-11(12(18)4-5-14(18)17(22)23)3-6-15-19(13,2)10-8-16(21)20-15/h8,10-15H,3-7,9H2,1-2H3,(H,20,21)(H,22,23)/t11-,12-,13+,14-,15+,18-,19+/m0/s1. The van der Waals surface area contributed by atoms with E-state index in [0.29, 0.717) is 17.8 Å². The number of aliphatic carboxylic acids is 1. The molecule has 0 aromatic carbocycles. The first-order chi connectivity index (χ1) is 10.9. The van der Waals surface area contributed by atoms with Crippen LogP contribution in [0.2, 0.25) is 0 Å². The first-order valence-corrected chi connectivity index (χ1v) is 9.09. The number of carboxylic acid groups (broad SMARTS) is 1. The zero-order valence-electron chi connectivity index (χ0n) is 14.0. The zero-order valence-corrected chi connectivity index (χ0v) is 14.0. The van der Waals surface area contributed by atoms with Crippen LogP contribution in [0.25, 0.3) is 0 Å². The van der Waals surface area contributed by atoms with Gasteiger partial charge in [-0.2, -0.15) is 0 Å². The van der Waals surface area contributed by atoms with E-state index >= 15 is 0 Å². The number of amides is 1. The van der Waals surface area contributed by atoms with Crippen LogP contribution in [0.3, 0.4) is 0 Å². The van der Waals surface area contributed by atoms with Gasteiger partial charge in [0.05, 0.1) is 5.92 Å². The topological polar surface area (TPSA) is 66.4 Å². The summed E-state index contributed by atoms with van der Waals surface area (Å²) in [6.45, 7) is 4.53. The molecule has 0 aromatic rings. The Morgan fingerprint density at radius 3 is 2.70 bits per heavy atom. The molecule has 0 spiro atoms. The molecular formula is C19H27NO3. The minimum Gasteiger partial charge on any atom is -0.481 e. The highest BCUT2D eigenvalue weighted by Crippen LogP contribution is 2.64. The van der Waals surface area contributed by atoms with Crippen molar-refractivity contribution in [2.75, 3.05) is 0 Å². The van der Waals surface area contributed by atoms with Gasteiger partial charge in [-0.05, 0) is 67.8 Å². The molecule has 1 heterocycles. The Hall–Kier alpha value is -1.32. The van der Waals surface area contributed by atoms with Crippen molar-refractivity contribution < 1.29 is 14.7 Å². The Balaban J connectivity index is 1.66. The lowest BCUT2D eigenvalue weighted by Crippen LogP contribution is -2.59. The van der Waals surface area contributed by atoms with Crippen LogP contribution in [0.5, 0.6) is 0 Å². The first-order valence-electron chi connectivity index (χ1n) is 9.09. The fraction of sp³-hybridized carbons (Fsp3) is 0.789. The van der Waals surface area contributed by atoms with Crippen molar-refractivity contribution in [3.63, 3.8) is 0 Å². The van der Waals surface area contributed by atoms with E-state index in [1.807, 2.05) is 0 Å². The van der Waals surface area contributed by atoms with Crippen molar-refractivity contribution in [3.05, 3.63) is 12.2 Å². The number of rotatable bonds is 1. The Labute approximate surface area is 137 Å². The number of nitrogens with one attached hydrogen (secondary N) is 1. The van der Waals surface area contributed by atoms with Gasteiger partial charge < -0.3 is 10.4 Å². The maximum atomic E-state index is 11.7. The third-order valence-corrected chi connectivity index (χ3v) is 7.98. The van der Waals surface area contributed by atoms with Crippen LogP contribution in [-0.4, -0.2) is 23.0 Å². The molecule has 3 aliphatic carbocycles. The van der Waals surface area contributed by atoms with Crippen LogP contribution in [0.15, 0.2) is 12.2 Å². The van der Waals surface area contributed by atoms with E-state index in [1.54, 1.807) is 6.08 Å². The van der Waals surface area contributed by atoms with Crippen LogP contribution in [0.1, 0.15) is 52.4 Å². The Kier molecular flexibility index (Phi) is 3.20. The predicted molar refractivity (Wildman–Crippen MR) is 86.6 cm³/mol. The molecular weight excluding hydrogens is 290 g/mol. The monoisotopic (exact) mass is 317 g/mol. The van der Waals surface area contributed by atoms with Gasteiger partial charge in [0.2, 0.25) is 5.91 Å². The largest absolute Gasteiger partial charge is 0.481 e. The molecule has 4 aliphatic rings. The quantitative estimate of drug-likeness (QED) is 0.781. The van der Waals surface area contributed by atoms with E-state index in [9.17, 15) is 14.7 Å². The molecule has 126 valence electrons. The van der Waals surface area contributed by atoms with Crippen LogP contribution in [-0.2, 0) is 9.59 Å². The molecule has 2 N–H and O–H groups in total. The lowest BCUT2D eigenvalue weighted by Gasteiger charge is -2.58. The average molecular weight is 317 g/mol. The summed E-state index contributed by atoms with van der Waals surface area (Å²) in [6.07, 6.45) is 10.0. The highest BCUT2D eigenvalue weighted by molar-refractivity contribution is 5.89. The van der Waals surface area contributed by atoms with Gasteiger partial charge in [0.15, 0.2) is 0 Å². The molecule has 23 heavy (non-hydrogen) atoms. The van der Waals surface area contributed by atoms with Gasteiger partial charge in [-0.1, -0.05) is 19.9 Å². The van der Waals surface area contributed by atoms with Crippen molar-refractivity contribution in [1.82, 2.24) is 5.32 Å². The summed E-state index contributed by atoms with van der Waals surface area (Å²) in [5.41, 5.74) is 0.0112. The van der Waals surface area contributed by atoms with Gasteiger partial charge in [0.25, 0.3) is 0 Å². The Morgan fingerprint density at radius 2 is 1.96 bits per heavy atom. The van der Waals surface area contributed by atoms with E-state index in [4.69, 9.17) is 0 Å². The van der Waals surface area contributed by atoms with Gasteiger partial charge in [0.1, 0.15) is 0 Å². The van der Waals surface area contributed by atoms with Crippen LogP contribution < -0.4 is 5.32 Å². The molecule has 3 fully saturated rings. The second-order valence-corrected chi connectivity index (χ2v) is 8.73. The van der Waals surface area contributed by atoms with Crippen molar-refractivity contribution >= 4 is 11.9 Å². The third kappa shape index (κ3) is 1.96. The number of fused-ring (bicyclic) bond motifs is 5. The van der Waals surface area contributed by atoms with E-state index in [2.05, 4.69) is 25.2 Å². The van der Waals surface area contributed by atoms with Gasteiger partial charge in [-0.25, -0.2) is 0 Å². The summed E-state index contributed by atoms with van der Waals surface area (Å²) in [5, 5.41) is 12.8. The minimum atomic E-state index is -0.599. The average Bonchev–Trinajstić information content (AvgIpc) is 2.85. The first kappa shape index (κ1) is 15.2. The summed E-state index contributed by atoms with van der Waals surface area (Å²) in [6, 6.07) is 0.252. The van der Waals surface area contributed by atoms with Crippen LogP contribution >= 0.6 is 0 Å². The predicted octanol–water partition coefficient (Wildman–Crippen LogP) is 2.98. The molecule has 0 aromatic heterocycles. The number of hydrogen-bond acceptors (Lipinski definition) is 2. The summed E-state index contributed by atoms with van der Waals surface area (Å²) in [7, 11) is 0. The summed E-state index contributed by atoms with van der Waals surface area (Å²) in [4.78, 5) is 23.4. The fourth-order valence-electron chi connectivity index (χ4n) is 6.74. The van der Waals surface area contributed by atoms with E-state index < -0.39 is 5.97 Å². The Bertz CT molecular complexity index is 585. The molecule has 4 nitrogen and oxygen atoms in total. The van der Waals surface area contributed by atoms with E-state index in [-0.39, 0.29) is 28.7 Å². The molecule has 0 bridgehead atoms. The molecule has 0 unspecified atom stereocenters. The minimum absolute atomic E-state index is 0.0299. The molecule has 4 rings (SSSR count). The molecule has 0 radical (unpaired) electrons. The molecule has 3 saturated carbocycles. The number of carboxylic acids is 1. The molecule has 0 saturated heterocycles. The lowest BCUT2D eigenvalue weighted by atomic mass is 9.48. The molecule has 7 atom stereocenters. The summed E-state index contributed by atoms with van der Waals surface area (Å²) >= 11 is 0. The second-order valence-electron chi connectivity index (χ2n) is 8.73. The normalized spacial score (nSPS) is 51.4. The van der Waals surface area contributed by atoms with Gasteiger partial charge in [0, 0.05) is 11.5 Å². The van der Waals surface area contributed by atoms with Crippen molar-refractivity contribution in [2.24, 2.45) is 34.5 Å². The Morgan fingerprint density at radius 1 is 1.17 bits per heavy atom. The summed E-state index contributed by atoms with van der Waals surface area (Å²) in [5.74, 6) is 0.992. The smallest absolute Gasteiger partial charge is 0.307 e. The molecule has 4 heteroatoms. The third-order valence-electron chi connectivity index (χ3n) is 7.98. The maximum Gasteiger partial charge on any atom is 0.307 e. The van der Waals surface area contributed by atoms with E-state index in [1.165, 1.54) is 0 Å². The highest BCUT2D eigenvalue weighted by atomic mass is 16.4. The lowest BCUT2D eigenvalue weighted by molar-refractivity contribution is -0.150. The zero-order chi connectivity index (χ0) is 16.4. The van der Waals surface area contributed by atoms with Crippen molar-refractivity contribution in [3.8, 4) is 0 Å². The number of hydrogen-bond donors (Lipinski definition) is 2. The van der Waals surface area contributed by atoms with Gasteiger partial charge in [-0.3, -0.25) is 9.59 Å². The van der Waals surface area contributed by atoms with Gasteiger partial charge >= 0.3 is 5.97 Å². The molecule has 1 amide bonds. The van der Waals surface area contributed by atoms with Crippen molar-refractivity contribution in [2.45, 2.75) is 58.4 Å². The second kappa shape index (κ2) is 4.84. The molecule has 1 aliphatic heterocycles. The fourth-order valence-corrected chi connectivity index (χ4v) is 6.74. The van der Waals surface area contributed by atoms with Crippen LogP contribution in [0.4, 0.5) is 0 Å². The number of carbonyl (C=O) groups excluding carboxylic acids is 1. The van der Waals surface area contributed by atoms with Crippen molar-refractivity contribution in [1.29, 1.82) is 0 Å². The summed E-state index contributed by atoms with van der Waals surface area (Å²) < 4.78 is 0. The highest BCUT2D eigenvalue weighted by Gasteiger charge is 2.60. The SMILES string of the molecule is C[C@]12C=CC(=O)N[C@@H]1CC[C@@H]1[C@H]2CC[C@]2(C)[C@H](C(=O)O)CC[C@@H]12. The van der Waals surface area contributed by atoms with Crippen LogP contribution in [0, 0.1) is 34.5 Å². The number of carbonyl (C=O) groups is 2. The van der Waals surface area contributed by atoms with E-state index in [0.717, 1.165) is 38.5 Å². The van der Waals surface area contributed by atoms with Gasteiger partial charge in [-0.15, -0.1) is 0 Å². The maximum absolute atomic E-state index is 11.7.